The van der Waals surface area contributed by atoms with Gasteiger partial charge in [-0.3, -0.25) is 4.79 Å². The van der Waals surface area contributed by atoms with E-state index in [1.54, 1.807) is 30.3 Å². The Kier molecular flexibility index (Phi) is 9.46. The van der Waals surface area contributed by atoms with Crippen molar-refractivity contribution in [3.63, 3.8) is 0 Å². The molecule has 0 unspecified atom stereocenters. The van der Waals surface area contributed by atoms with Crippen LogP contribution in [0.15, 0.2) is 112 Å². The Hall–Kier alpha value is -6.59. The van der Waals surface area contributed by atoms with Gasteiger partial charge in [-0.1, -0.05) is 86.2 Å². The number of aromatic hydroxyl groups is 1. The number of rotatable bonds is 11. The van der Waals surface area contributed by atoms with Crippen LogP contribution in [0, 0.1) is 0 Å². The first-order chi connectivity index (χ1) is 26.7. The van der Waals surface area contributed by atoms with E-state index in [1.165, 1.54) is 24.3 Å². The maximum absolute atomic E-state index is 12.9. The molecule has 6 aromatic rings. The fourth-order valence-corrected chi connectivity index (χ4v) is 7.57. The molecule has 4 aromatic carbocycles. The Labute approximate surface area is 321 Å². The number of benzene rings is 5. The molecule has 0 spiro atoms. The molecule has 0 radical (unpaired) electrons. The van der Waals surface area contributed by atoms with Gasteiger partial charge in [-0.2, -0.15) is 0 Å². The van der Waals surface area contributed by atoms with Gasteiger partial charge in [0.2, 0.25) is 0 Å². The number of thiocarbonyl (C=S) groups is 1. The van der Waals surface area contributed by atoms with Gasteiger partial charge in [0.25, 0.3) is 0 Å². The second-order valence-electron chi connectivity index (χ2n) is 13.7. The third kappa shape index (κ3) is 6.86. The van der Waals surface area contributed by atoms with Crippen molar-refractivity contribution in [1.29, 1.82) is 0 Å². The van der Waals surface area contributed by atoms with Crippen LogP contribution in [0.4, 0.5) is 5.82 Å². The van der Waals surface area contributed by atoms with Crippen molar-refractivity contribution >= 4 is 61.9 Å². The van der Waals surface area contributed by atoms with Crippen LogP contribution < -0.4 is 16.5 Å². The van der Waals surface area contributed by atoms with Gasteiger partial charge in [-0.15, -0.1) is 0 Å². The van der Waals surface area contributed by atoms with Gasteiger partial charge in [0, 0.05) is 60.0 Å². The van der Waals surface area contributed by atoms with Crippen LogP contribution in [0.2, 0.25) is 0 Å². The first-order valence-corrected chi connectivity index (χ1v) is 18.5. The number of carboxylic acids is 1. The number of carbonyl (C=O) groups is 1. The van der Waals surface area contributed by atoms with Crippen molar-refractivity contribution in [3.05, 3.63) is 141 Å². The number of nitrogens with zero attached hydrogens (tertiary/aromatic N) is 3. The number of aryl methyl sites for hydroxylation is 1. The summed E-state index contributed by atoms with van der Waals surface area (Å²) in [5.41, 5.74) is 13.4. The number of fused-ring (bicyclic) bond motifs is 5. The van der Waals surface area contributed by atoms with E-state index < -0.39 is 5.97 Å². The minimum absolute atomic E-state index is 0.0152. The number of carboxylic acid groups (broad SMARTS) is 1. The van der Waals surface area contributed by atoms with Crippen LogP contribution in [0.25, 0.3) is 55.4 Å². The maximum atomic E-state index is 12.9. The zero-order valence-corrected chi connectivity index (χ0v) is 30.8. The van der Waals surface area contributed by atoms with Gasteiger partial charge in [0.1, 0.15) is 28.4 Å². The number of phenols is 1. The molecule has 5 N–H and O–H groups in total. The topological polar surface area (TPSA) is 156 Å². The molecule has 0 fully saturated rings. The first-order valence-electron chi connectivity index (χ1n) is 18.1. The van der Waals surface area contributed by atoms with Gasteiger partial charge >= 0.3 is 5.97 Å². The highest BCUT2D eigenvalue weighted by atomic mass is 32.1. The van der Waals surface area contributed by atoms with Crippen LogP contribution in [0.3, 0.4) is 0 Å². The molecular weight excluding hydrogens is 711 g/mol. The predicted molar refractivity (Wildman–Crippen MR) is 220 cm³/mol. The third-order valence-corrected chi connectivity index (χ3v) is 10.2. The van der Waals surface area contributed by atoms with Gasteiger partial charge in [0.05, 0.1) is 21.6 Å². The molecule has 0 saturated carbocycles. The number of nitrogens with one attached hydrogen (secondary N) is 1. The molecule has 11 heteroatoms. The average Bonchev–Trinajstić information content (AvgIpc) is 3.54. The molecule has 3 heterocycles. The Morgan fingerprint density at radius 1 is 0.909 bits per heavy atom. The first kappa shape index (κ1) is 35.4. The number of aromatic nitrogens is 3. The van der Waals surface area contributed by atoms with Crippen LogP contribution in [-0.2, 0) is 25.9 Å². The van der Waals surface area contributed by atoms with Crippen molar-refractivity contribution in [2.24, 2.45) is 0 Å². The van der Waals surface area contributed by atoms with Crippen LogP contribution in [0.1, 0.15) is 52.6 Å². The quantitative estimate of drug-likeness (QED) is 0.0747. The smallest absolute Gasteiger partial charge is 0.336 e. The van der Waals surface area contributed by atoms with Crippen molar-refractivity contribution in [3.8, 4) is 28.2 Å². The third-order valence-electron chi connectivity index (χ3n) is 9.96. The Bertz CT molecular complexity index is 2810. The molecule has 8 rings (SSSR count). The fourth-order valence-electron chi connectivity index (χ4n) is 7.34. The summed E-state index contributed by atoms with van der Waals surface area (Å²) in [7, 11) is 0. The van der Waals surface area contributed by atoms with Crippen molar-refractivity contribution in [2.75, 3.05) is 5.73 Å². The minimum Gasteiger partial charge on any atom is -0.508 e. The summed E-state index contributed by atoms with van der Waals surface area (Å²) in [6.07, 6.45) is 3.11. The van der Waals surface area contributed by atoms with Crippen molar-refractivity contribution in [2.45, 2.75) is 45.7 Å². The van der Waals surface area contributed by atoms with E-state index in [9.17, 15) is 19.8 Å². The van der Waals surface area contributed by atoms with E-state index in [0.717, 1.165) is 58.2 Å². The number of para-hydroxylation sites is 1. The molecule has 1 aliphatic carbocycles. The van der Waals surface area contributed by atoms with E-state index in [4.69, 9.17) is 27.4 Å². The number of hydrogen-bond donors (Lipinski definition) is 4. The highest BCUT2D eigenvalue weighted by Gasteiger charge is 2.24. The second kappa shape index (κ2) is 14.7. The Balaban J connectivity index is 1.04. The van der Waals surface area contributed by atoms with Gasteiger partial charge in [0.15, 0.2) is 11.2 Å². The van der Waals surface area contributed by atoms with Gasteiger partial charge in [-0.25, -0.2) is 14.8 Å². The van der Waals surface area contributed by atoms with E-state index in [-0.39, 0.29) is 28.9 Å². The van der Waals surface area contributed by atoms with Crippen LogP contribution in [-0.4, -0.2) is 35.7 Å². The van der Waals surface area contributed by atoms with E-state index in [2.05, 4.69) is 52.1 Å². The number of unbranched alkanes of at least 4 members (excludes halogenated alkanes) is 1. The number of nitrogen functional groups attached to an aromatic ring is 1. The second-order valence-corrected chi connectivity index (χ2v) is 14.2. The molecule has 2 aliphatic rings. The molecule has 2 aromatic heterocycles. The highest BCUT2D eigenvalue weighted by Crippen LogP contribution is 2.42. The number of aromatic carboxylic acids is 1. The number of imidazole rings is 1. The highest BCUT2D eigenvalue weighted by molar-refractivity contribution is 7.80. The van der Waals surface area contributed by atoms with E-state index in [0.29, 0.717) is 57.1 Å². The summed E-state index contributed by atoms with van der Waals surface area (Å²) in [6.45, 7) is 3.26. The zero-order valence-electron chi connectivity index (χ0n) is 30.0. The largest absolute Gasteiger partial charge is 0.508 e. The monoisotopic (exact) mass is 747 g/mol. The number of nitrogens with two attached hydrogens (primary N) is 1. The summed E-state index contributed by atoms with van der Waals surface area (Å²) < 4.78 is 8.25. The lowest BCUT2D eigenvalue weighted by atomic mass is 9.88. The SMILES string of the molecule is CCCCc1nc2c(N)nc3ccccc3c2n1Cc1ccc(CNC(=S)Cc2cccc(-c3c4ccc(=O)cc-4oc4cc(O)ccc34)c2C(=O)O)cc1. The van der Waals surface area contributed by atoms with Crippen molar-refractivity contribution in [1.82, 2.24) is 19.9 Å². The van der Waals surface area contributed by atoms with E-state index >= 15 is 0 Å². The normalized spacial score (nSPS) is 11.5. The Morgan fingerprint density at radius 3 is 2.51 bits per heavy atom. The number of pyridine rings is 1. The van der Waals surface area contributed by atoms with Crippen molar-refractivity contribution < 1.29 is 19.4 Å². The van der Waals surface area contributed by atoms with Crippen LogP contribution in [0.5, 0.6) is 5.75 Å². The number of phenolic OH excluding ortho intramolecular Hbond substituents is 1. The summed E-state index contributed by atoms with van der Waals surface area (Å²) in [6, 6.07) is 30.7. The molecule has 55 heavy (non-hydrogen) atoms. The minimum atomic E-state index is -1.11. The van der Waals surface area contributed by atoms with E-state index in [1.807, 2.05) is 18.2 Å². The average molecular weight is 748 g/mol. The molecular formula is C44H37N5O5S. The lowest BCUT2D eigenvalue weighted by Gasteiger charge is -2.18. The summed E-state index contributed by atoms with van der Waals surface area (Å²) in [4.78, 5) is 35.2. The molecule has 0 saturated heterocycles. The molecule has 0 atom stereocenters. The summed E-state index contributed by atoms with van der Waals surface area (Å²) >= 11 is 5.76. The molecule has 0 bridgehead atoms. The predicted octanol–water partition coefficient (Wildman–Crippen LogP) is 8.50. The van der Waals surface area contributed by atoms with Crippen LogP contribution >= 0.6 is 12.2 Å². The lowest BCUT2D eigenvalue weighted by molar-refractivity contribution is 0.0696. The maximum Gasteiger partial charge on any atom is 0.336 e. The zero-order chi connectivity index (χ0) is 38.2. The summed E-state index contributed by atoms with van der Waals surface area (Å²) in [5, 5.41) is 25.7. The number of anilines is 1. The standard InChI is InChI=1S/C44H37N5O5S/c1-2-3-11-37-48-41-42(30-8-4-5-10-34(30)47-43(41)45)49(37)24-26-14-12-25(13-15-26)23-46-38(55)20-27-7-6-9-33(39(27)44(52)53)40-31-18-16-28(50)21-35(31)54-36-22-29(51)17-19-32(36)40/h4-10,12-19,21-22,50H,2-3,11,20,23-24H2,1H3,(H2,45,47)(H,46,55)(H,52,53). The van der Waals surface area contributed by atoms with Gasteiger partial charge in [-0.05, 0) is 59.0 Å². The fraction of sp³-hybridized carbons (Fsp3) is 0.159. The molecule has 1 aliphatic heterocycles. The summed E-state index contributed by atoms with van der Waals surface area (Å²) in [5.74, 6) is 0.584. The lowest BCUT2D eigenvalue weighted by Crippen LogP contribution is -2.23. The Morgan fingerprint density at radius 2 is 1.71 bits per heavy atom. The molecule has 10 nitrogen and oxygen atoms in total. The molecule has 0 amide bonds. The number of hydrogen-bond acceptors (Lipinski definition) is 8. The molecule has 274 valence electrons. The van der Waals surface area contributed by atoms with Gasteiger partial charge < -0.3 is 30.2 Å².